The maximum atomic E-state index is 12.3. The molecule has 2 fully saturated rings. The predicted molar refractivity (Wildman–Crippen MR) is 80.2 cm³/mol. The molecule has 2 amide bonds. The van der Waals surface area contributed by atoms with E-state index < -0.39 is 12.0 Å². The van der Waals surface area contributed by atoms with Gasteiger partial charge < -0.3 is 20.2 Å². The summed E-state index contributed by atoms with van der Waals surface area (Å²) in [5.41, 5.74) is 0. The molecule has 0 aliphatic carbocycles. The van der Waals surface area contributed by atoms with Gasteiger partial charge in [0.05, 0.1) is 0 Å². The van der Waals surface area contributed by atoms with Crippen LogP contribution in [-0.4, -0.2) is 65.7 Å². The van der Waals surface area contributed by atoms with Gasteiger partial charge in [-0.25, -0.2) is 9.59 Å². The van der Waals surface area contributed by atoms with Crippen LogP contribution in [0.5, 0.6) is 0 Å². The lowest BCUT2D eigenvalue weighted by atomic mass is 9.84. The van der Waals surface area contributed by atoms with Crippen LogP contribution in [0.4, 0.5) is 4.79 Å². The fourth-order valence-corrected chi connectivity index (χ4v) is 3.62. The third kappa shape index (κ3) is 3.87. The first-order valence-corrected chi connectivity index (χ1v) is 8.01. The minimum Gasteiger partial charge on any atom is -0.480 e. The highest BCUT2D eigenvalue weighted by atomic mass is 16.4. The minimum atomic E-state index is -0.947. The fraction of sp³-hybridized carbons (Fsp3) is 0.867. The Morgan fingerprint density at radius 2 is 2.10 bits per heavy atom. The second kappa shape index (κ2) is 7.11. The van der Waals surface area contributed by atoms with E-state index in [1.807, 2.05) is 6.92 Å². The number of aliphatic carboxylic acids is 1. The standard InChI is InChI=1S/C15H27N3O3/c1-3-5-12(14(19)20)16-15(21)18-9-7-13-11(10-18)6-4-8-17(13)2/h11-13H,3-10H2,1-2H3,(H,16,21)(H,19,20)/t11?,12-,13?/m0/s1. The van der Waals surface area contributed by atoms with Crippen LogP contribution >= 0.6 is 0 Å². The second-order valence-corrected chi connectivity index (χ2v) is 6.31. The first kappa shape index (κ1) is 16.1. The van der Waals surface area contributed by atoms with Crippen LogP contribution in [0.15, 0.2) is 0 Å². The number of hydrogen-bond donors (Lipinski definition) is 2. The Morgan fingerprint density at radius 3 is 2.76 bits per heavy atom. The molecule has 0 bridgehead atoms. The summed E-state index contributed by atoms with van der Waals surface area (Å²) in [5.74, 6) is -0.421. The number of piperidine rings is 2. The van der Waals surface area contributed by atoms with Crippen molar-refractivity contribution in [3.05, 3.63) is 0 Å². The number of urea groups is 1. The SMILES string of the molecule is CCC[C@H](NC(=O)N1CCC2C(CCCN2C)C1)C(=O)O. The quantitative estimate of drug-likeness (QED) is 0.822. The van der Waals surface area contributed by atoms with Gasteiger partial charge in [0.2, 0.25) is 0 Å². The van der Waals surface area contributed by atoms with Crippen LogP contribution in [0.1, 0.15) is 39.0 Å². The molecule has 0 aromatic carbocycles. The molecule has 2 rings (SSSR count). The monoisotopic (exact) mass is 297 g/mol. The van der Waals surface area contributed by atoms with E-state index >= 15 is 0 Å². The molecule has 0 radical (unpaired) electrons. The van der Waals surface area contributed by atoms with E-state index in [9.17, 15) is 9.59 Å². The highest BCUT2D eigenvalue weighted by molar-refractivity contribution is 5.82. The molecule has 2 saturated heterocycles. The van der Waals surface area contributed by atoms with Gasteiger partial charge >= 0.3 is 12.0 Å². The minimum absolute atomic E-state index is 0.220. The van der Waals surface area contributed by atoms with Crippen molar-refractivity contribution in [3.8, 4) is 0 Å². The van der Waals surface area contributed by atoms with E-state index in [1.54, 1.807) is 4.90 Å². The van der Waals surface area contributed by atoms with E-state index in [2.05, 4.69) is 17.3 Å². The molecule has 2 heterocycles. The molecule has 3 atom stereocenters. The number of hydrogen-bond acceptors (Lipinski definition) is 3. The Morgan fingerprint density at radius 1 is 1.33 bits per heavy atom. The van der Waals surface area contributed by atoms with Gasteiger partial charge in [-0.1, -0.05) is 13.3 Å². The van der Waals surface area contributed by atoms with Gasteiger partial charge in [-0.3, -0.25) is 0 Å². The van der Waals surface area contributed by atoms with Crippen molar-refractivity contribution in [1.29, 1.82) is 0 Å². The summed E-state index contributed by atoms with van der Waals surface area (Å²) in [7, 11) is 2.16. The van der Waals surface area contributed by atoms with E-state index in [1.165, 1.54) is 6.42 Å². The Bertz CT molecular complexity index is 388. The lowest BCUT2D eigenvalue weighted by Gasteiger charge is -2.46. The molecule has 2 aliphatic rings. The van der Waals surface area contributed by atoms with Gasteiger partial charge in [-0.2, -0.15) is 0 Å². The molecule has 0 aromatic rings. The molecular weight excluding hydrogens is 270 g/mol. The third-order valence-electron chi connectivity index (χ3n) is 4.81. The fourth-order valence-electron chi connectivity index (χ4n) is 3.62. The van der Waals surface area contributed by atoms with Crippen molar-refractivity contribution in [3.63, 3.8) is 0 Å². The first-order chi connectivity index (χ1) is 10.0. The molecule has 2 unspecified atom stereocenters. The van der Waals surface area contributed by atoms with E-state index in [4.69, 9.17) is 5.11 Å². The third-order valence-corrected chi connectivity index (χ3v) is 4.81. The van der Waals surface area contributed by atoms with Gasteiger partial charge in [-0.05, 0) is 45.2 Å². The highest BCUT2D eigenvalue weighted by Crippen LogP contribution is 2.29. The Labute approximate surface area is 126 Å². The molecule has 0 spiro atoms. The van der Waals surface area contributed by atoms with Crippen molar-refractivity contribution in [2.75, 3.05) is 26.7 Å². The number of carboxylic acids is 1. The zero-order chi connectivity index (χ0) is 15.4. The lowest BCUT2D eigenvalue weighted by molar-refractivity contribution is -0.139. The zero-order valence-corrected chi connectivity index (χ0v) is 13.0. The van der Waals surface area contributed by atoms with Crippen molar-refractivity contribution < 1.29 is 14.7 Å². The van der Waals surface area contributed by atoms with Crippen LogP contribution in [0.3, 0.4) is 0 Å². The van der Waals surface area contributed by atoms with Gasteiger partial charge in [0, 0.05) is 19.1 Å². The van der Waals surface area contributed by atoms with Crippen LogP contribution < -0.4 is 5.32 Å². The van der Waals surface area contributed by atoms with Gasteiger partial charge in [0.1, 0.15) is 6.04 Å². The summed E-state index contributed by atoms with van der Waals surface area (Å²) >= 11 is 0. The van der Waals surface area contributed by atoms with Crippen molar-refractivity contribution in [1.82, 2.24) is 15.1 Å². The van der Waals surface area contributed by atoms with Crippen molar-refractivity contribution >= 4 is 12.0 Å². The Balaban J connectivity index is 1.90. The maximum Gasteiger partial charge on any atom is 0.326 e. The molecule has 0 saturated carbocycles. The van der Waals surface area contributed by atoms with Crippen LogP contribution in [0.25, 0.3) is 0 Å². The maximum absolute atomic E-state index is 12.3. The topological polar surface area (TPSA) is 72.9 Å². The number of likely N-dealkylation sites (tertiary alicyclic amines) is 2. The number of carbonyl (C=O) groups excluding carboxylic acids is 1. The molecular formula is C15H27N3O3. The number of carbonyl (C=O) groups is 2. The highest BCUT2D eigenvalue weighted by Gasteiger charge is 2.36. The molecule has 6 heteroatoms. The molecule has 6 nitrogen and oxygen atoms in total. The average molecular weight is 297 g/mol. The summed E-state index contributed by atoms with van der Waals surface area (Å²) in [5, 5.41) is 11.8. The molecule has 2 aliphatic heterocycles. The van der Waals surface area contributed by atoms with E-state index in [0.717, 1.165) is 38.9 Å². The second-order valence-electron chi connectivity index (χ2n) is 6.31. The molecule has 0 aromatic heterocycles. The summed E-state index contributed by atoms with van der Waals surface area (Å²) < 4.78 is 0. The van der Waals surface area contributed by atoms with Crippen molar-refractivity contribution in [2.45, 2.75) is 51.1 Å². The summed E-state index contributed by atoms with van der Waals surface area (Å²) in [4.78, 5) is 27.6. The first-order valence-electron chi connectivity index (χ1n) is 8.01. The normalized spacial score (nSPS) is 27.8. The lowest BCUT2D eigenvalue weighted by Crippen LogP contribution is -2.57. The van der Waals surface area contributed by atoms with Gasteiger partial charge in [0.15, 0.2) is 0 Å². The number of carboxylic acid groups (broad SMARTS) is 1. The number of rotatable bonds is 4. The van der Waals surface area contributed by atoms with Gasteiger partial charge in [-0.15, -0.1) is 0 Å². The molecule has 120 valence electrons. The Hall–Kier alpha value is -1.30. The van der Waals surface area contributed by atoms with Gasteiger partial charge in [0.25, 0.3) is 0 Å². The van der Waals surface area contributed by atoms with Crippen LogP contribution in [0.2, 0.25) is 0 Å². The summed E-state index contributed by atoms with van der Waals surface area (Å²) in [6, 6.07) is -0.412. The number of amides is 2. The van der Waals surface area contributed by atoms with Crippen LogP contribution in [0, 0.1) is 5.92 Å². The summed E-state index contributed by atoms with van der Waals surface area (Å²) in [6.07, 6.45) is 4.55. The number of nitrogens with zero attached hydrogens (tertiary/aromatic N) is 2. The predicted octanol–water partition coefficient (Wildman–Crippen LogP) is 1.37. The van der Waals surface area contributed by atoms with Crippen molar-refractivity contribution in [2.24, 2.45) is 5.92 Å². The van der Waals surface area contributed by atoms with Crippen LogP contribution in [-0.2, 0) is 4.79 Å². The molecule has 2 N–H and O–H groups in total. The summed E-state index contributed by atoms with van der Waals surface area (Å²) in [6.45, 7) is 4.53. The van der Waals surface area contributed by atoms with E-state index in [-0.39, 0.29) is 6.03 Å². The smallest absolute Gasteiger partial charge is 0.326 e. The zero-order valence-electron chi connectivity index (χ0n) is 13.0. The largest absolute Gasteiger partial charge is 0.480 e. The number of nitrogens with one attached hydrogen (secondary N) is 1. The number of fused-ring (bicyclic) bond motifs is 1. The Kier molecular flexibility index (Phi) is 5.45. The average Bonchev–Trinajstić information content (AvgIpc) is 2.46. The van der Waals surface area contributed by atoms with E-state index in [0.29, 0.717) is 18.4 Å². The molecule has 21 heavy (non-hydrogen) atoms.